The maximum absolute atomic E-state index is 12.5. The molecule has 1 aliphatic rings. The summed E-state index contributed by atoms with van der Waals surface area (Å²) in [6, 6.07) is 17.5. The molecule has 0 bridgehead atoms. The molecule has 3 rings (SSSR count). The summed E-state index contributed by atoms with van der Waals surface area (Å²) in [6.45, 7) is 3.67. The average molecular weight is 400 g/mol. The van der Waals surface area contributed by atoms with Crippen LogP contribution in [0.1, 0.15) is 17.5 Å². The van der Waals surface area contributed by atoms with Gasteiger partial charge in [-0.05, 0) is 23.6 Å². The Balaban J connectivity index is 1.36. The molecule has 0 saturated carbocycles. The molecule has 0 aliphatic carbocycles. The Morgan fingerprint density at radius 2 is 1.61 bits per heavy atom. The summed E-state index contributed by atoms with van der Waals surface area (Å²) in [6.07, 6.45) is 1.11. The summed E-state index contributed by atoms with van der Waals surface area (Å²) in [5, 5.41) is 3.66. The van der Waals surface area contributed by atoms with Gasteiger partial charge in [-0.3, -0.25) is 14.5 Å². The van der Waals surface area contributed by atoms with Crippen LogP contribution in [0, 0.1) is 0 Å². The van der Waals surface area contributed by atoms with E-state index in [0.29, 0.717) is 44.0 Å². The molecule has 2 aromatic rings. The van der Waals surface area contributed by atoms with Gasteiger partial charge < -0.3 is 10.2 Å². The van der Waals surface area contributed by atoms with Crippen molar-refractivity contribution in [1.82, 2.24) is 15.1 Å². The SMILES string of the molecule is O=C(CN1CCN(C(=O)CCc2ccccc2Cl)CC1)NCc1ccccc1. The normalized spacial score (nSPS) is 14.7. The van der Waals surface area contributed by atoms with E-state index in [1.165, 1.54) is 0 Å². The maximum atomic E-state index is 12.5. The summed E-state index contributed by atoms with van der Waals surface area (Å²) >= 11 is 6.16. The van der Waals surface area contributed by atoms with Crippen LogP contribution in [0.4, 0.5) is 0 Å². The largest absolute Gasteiger partial charge is 0.351 e. The monoisotopic (exact) mass is 399 g/mol. The van der Waals surface area contributed by atoms with Gasteiger partial charge in [0.1, 0.15) is 0 Å². The number of nitrogens with one attached hydrogen (secondary N) is 1. The Morgan fingerprint density at radius 1 is 0.929 bits per heavy atom. The molecule has 5 nitrogen and oxygen atoms in total. The van der Waals surface area contributed by atoms with E-state index in [1.54, 1.807) is 0 Å². The number of carbonyl (C=O) groups is 2. The average Bonchev–Trinajstić information content (AvgIpc) is 2.73. The molecule has 148 valence electrons. The number of halogens is 1. The highest BCUT2D eigenvalue weighted by atomic mass is 35.5. The van der Waals surface area contributed by atoms with Crippen LogP contribution in [-0.4, -0.2) is 54.3 Å². The molecular weight excluding hydrogens is 374 g/mol. The number of hydrogen-bond donors (Lipinski definition) is 1. The van der Waals surface area contributed by atoms with Crippen molar-refractivity contribution in [2.75, 3.05) is 32.7 Å². The Kier molecular flexibility index (Phi) is 7.46. The zero-order chi connectivity index (χ0) is 19.8. The number of rotatable bonds is 7. The first kappa shape index (κ1) is 20.4. The van der Waals surface area contributed by atoms with Crippen LogP contribution in [0.25, 0.3) is 0 Å². The number of piperazine rings is 1. The second-order valence-electron chi connectivity index (χ2n) is 7.01. The van der Waals surface area contributed by atoms with Crippen molar-refractivity contribution in [3.8, 4) is 0 Å². The Bertz CT molecular complexity index is 789. The highest BCUT2D eigenvalue weighted by Gasteiger charge is 2.22. The Labute approximate surface area is 171 Å². The highest BCUT2D eigenvalue weighted by Crippen LogP contribution is 2.17. The molecule has 1 heterocycles. The van der Waals surface area contributed by atoms with Gasteiger partial charge in [0.25, 0.3) is 0 Å². The molecule has 0 unspecified atom stereocenters. The van der Waals surface area contributed by atoms with E-state index in [-0.39, 0.29) is 11.8 Å². The van der Waals surface area contributed by atoms with E-state index in [0.717, 1.165) is 24.2 Å². The van der Waals surface area contributed by atoms with Gasteiger partial charge in [-0.1, -0.05) is 60.1 Å². The molecular formula is C22H26ClN3O2. The molecule has 0 spiro atoms. The quantitative estimate of drug-likeness (QED) is 0.778. The number of aryl methyl sites for hydroxylation is 1. The van der Waals surface area contributed by atoms with E-state index >= 15 is 0 Å². The van der Waals surface area contributed by atoms with Crippen molar-refractivity contribution in [3.63, 3.8) is 0 Å². The van der Waals surface area contributed by atoms with Crippen molar-refractivity contribution >= 4 is 23.4 Å². The fraction of sp³-hybridized carbons (Fsp3) is 0.364. The topological polar surface area (TPSA) is 52.7 Å². The van der Waals surface area contributed by atoms with Crippen molar-refractivity contribution in [2.45, 2.75) is 19.4 Å². The third-order valence-electron chi connectivity index (χ3n) is 4.99. The summed E-state index contributed by atoms with van der Waals surface area (Å²) in [7, 11) is 0. The molecule has 6 heteroatoms. The third kappa shape index (κ3) is 6.08. The first-order valence-corrected chi connectivity index (χ1v) is 10.0. The van der Waals surface area contributed by atoms with E-state index in [9.17, 15) is 9.59 Å². The van der Waals surface area contributed by atoms with Crippen LogP contribution >= 0.6 is 11.6 Å². The smallest absolute Gasteiger partial charge is 0.234 e. The van der Waals surface area contributed by atoms with Crippen LogP contribution < -0.4 is 5.32 Å². The molecule has 1 fully saturated rings. The van der Waals surface area contributed by atoms with Crippen molar-refractivity contribution < 1.29 is 9.59 Å². The lowest BCUT2D eigenvalue weighted by molar-refractivity contribution is -0.133. The maximum Gasteiger partial charge on any atom is 0.234 e. The van der Waals surface area contributed by atoms with Crippen LogP contribution in [-0.2, 0) is 22.6 Å². The van der Waals surface area contributed by atoms with Crippen molar-refractivity contribution in [1.29, 1.82) is 0 Å². The molecule has 2 aromatic carbocycles. The predicted octanol–water partition coefficient (Wildman–Crippen LogP) is 2.73. The minimum absolute atomic E-state index is 0.0161. The Morgan fingerprint density at radius 3 is 2.32 bits per heavy atom. The zero-order valence-corrected chi connectivity index (χ0v) is 16.7. The highest BCUT2D eigenvalue weighted by molar-refractivity contribution is 6.31. The summed E-state index contributed by atoms with van der Waals surface area (Å²) in [5.74, 6) is 0.162. The number of hydrogen-bond acceptors (Lipinski definition) is 3. The van der Waals surface area contributed by atoms with E-state index < -0.39 is 0 Å². The number of benzene rings is 2. The fourth-order valence-corrected chi connectivity index (χ4v) is 3.54. The molecule has 1 saturated heterocycles. The lowest BCUT2D eigenvalue weighted by Crippen LogP contribution is -2.51. The van der Waals surface area contributed by atoms with Gasteiger partial charge in [-0.15, -0.1) is 0 Å². The van der Waals surface area contributed by atoms with Gasteiger partial charge in [-0.25, -0.2) is 0 Å². The summed E-state index contributed by atoms with van der Waals surface area (Å²) in [5.41, 5.74) is 2.09. The van der Waals surface area contributed by atoms with Crippen LogP contribution in [0.15, 0.2) is 54.6 Å². The standard InChI is InChI=1S/C22H26ClN3O2/c23-20-9-5-4-8-19(20)10-11-22(28)26-14-12-25(13-15-26)17-21(27)24-16-18-6-2-1-3-7-18/h1-9H,10-17H2,(H,24,27). The van der Waals surface area contributed by atoms with E-state index in [4.69, 9.17) is 11.6 Å². The minimum atomic E-state index is 0.0161. The molecule has 1 aliphatic heterocycles. The Hall–Kier alpha value is -2.37. The third-order valence-corrected chi connectivity index (χ3v) is 5.36. The number of nitrogens with zero attached hydrogens (tertiary/aromatic N) is 2. The lowest BCUT2D eigenvalue weighted by atomic mass is 10.1. The summed E-state index contributed by atoms with van der Waals surface area (Å²) < 4.78 is 0. The first-order valence-electron chi connectivity index (χ1n) is 9.66. The lowest BCUT2D eigenvalue weighted by Gasteiger charge is -2.34. The van der Waals surface area contributed by atoms with Gasteiger partial charge >= 0.3 is 0 Å². The van der Waals surface area contributed by atoms with Gasteiger partial charge in [-0.2, -0.15) is 0 Å². The van der Waals surface area contributed by atoms with Gasteiger partial charge in [0, 0.05) is 44.2 Å². The van der Waals surface area contributed by atoms with Gasteiger partial charge in [0.2, 0.25) is 11.8 Å². The van der Waals surface area contributed by atoms with Crippen LogP contribution in [0.2, 0.25) is 5.02 Å². The molecule has 0 atom stereocenters. The molecule has 28 heavy (non-hydrogen) atoms. The van der Waals surface area contributed by atoms with Gasteiger partial charge in [0.05, 0.1) is 6.54 Å². The van der Waals surface area contributed by atoms with Crippen molar-refractivity contribution in [3.05, 3.63) is 70.7 Å². The number of amides is 2. The van der Waals surface area contributed by atoms with Crippen LogP contribution in [0.3, 0.4) is 0 Å². The van der Waals surface area contributed by atoms with Crippen LogP contribution in [0.5, 0.6) is 0 Å². The molecule has 0 radical (unpaired) electrons. The molecule has 0 aromatic heterocycles. The van der Waals surface area contributed by atoms with E-state index in [2.05, 4.69) is 10.2 Å². The molecule has 2 amide bonds. The predicted molar refractivity (Wildman–Crippen MR) is 111 cm³/mol. The number of carbonyl (C=O) groups excluding carboxylic acids is 2. The second kappa shape index (κ2) is 10.2. The second-order valence-corrected chi connectivity index (χ2v) is 7.42. The minimum Gasteiger partial charge on any atom is -0.351 e. The van der Waals surface area contributed by atoms with Crippen molar-refractivity contribution in [2.24, 2.45) is 0 Å². The van der Waals surface area contributed by atoms with E-state index in [1.807, 2.05) is 59.5 Å². The fourth-order valence-electron chi connectivity index (χ4n) is 3.31. The summed E-state index contributed by atoms with van der Waals surface area (Å²) in [4.78, 5) is 28.6. The van der Waals surface area contributed by atoms with Gasteiger partial charge in [0.15, 0.2) is 0 Å². The first-order chi connectivity index (χ1) is 13.6. The molecule has 1 N–H and O–H groups in total. The zero-order valence-electron chi connectivity index (χ0n) is 15.9.